The molecule has 0 unspecified atom stereocenters. The quantitative estimate of drug-likeness (QED) is 0.452. The van der Waals surface area contributed by atoms with Gasteiger partial charge in [0.05, 0.1) is 26.1 Å². The summed E-state index contributed by atoms with van der Waals surface area (Å²) in [6, 6.07) is 6.71. The molecule has 6 nitrogen and oxygen atoms in total. The molecular weight excluding hydrogens is 365 g/mol. The Hall–Kier alpha value is -3.23. The highest BCUT2D eigenvalue weighted by Gasteiger charge is 2.19. The van der Waals surface area contributed by atoms with Gasteiger partial charge in [0, 0.05) is 5.56 Å². The van der Waals surface area contributed by atoms with Crippen LogP contribution in [-0.4, -0.2) is 32.4 Å². The van der Waals surface area contributed by atoms with Crippen molar-refractivity contribution in [3.05, 3.63) is 53.3 Å². The van der Waals surface area contributed by atoms with E-state index in [2.05, 4.69) is 10.5 Å². The summed E-state index contributed by atoms with van der Waals surface area (Å²) in [5.74, 6) is -4.42. The summed E-state index contributed by atoms with van der Waals surface area (Å²) in [6.45, 7) is 1.35. The standard InChI is InChI=1S/C18H17F3N2O4/c1-10(18(24)23-13-8-7-12(19)15(20)16(13)21)27-22-9-11-5-4-6-14(25-2)17(11)26-3/h4-10H,1-3H3,(H,23,24)/b22-9-/t10-/m1/s1. The highest BCUT2D eigenvalue weighted by molar-refractivity contribution is 5.94. The number of oxime groups is 1. The fourth-order valence-electron chi connectivity index (χ4n) is 2.10. The summed E-state index contributed by atoms with van der Waals surface area (Å²) < 4.78 is 50.1. The summed E-state index contributed by atoms with van der Waals surface area (Å²) in [5.41, 5.74) is 0.0314. The van der Waals surface area contributed by atoms with E-state index in [1.807, 2.05) is 0 Å². The average molecular weight is 382 g/mol. The molecule has 0 bridgehead atoms. The maximum Gasteiger partial charge on any atom is 0.268 e. The molecular formula is C18H17F3N2O4. The summed E-state index contributed by atoms with van der Waals surface area (Å²) in [7, 11) is 2.95. The normalized spacial score (nSPS) is 11.9. The molecule has 1 atom stereocenters. The molecule has 0 aliphatic carbocycles. The molecule has 0 aliphatic heterocycles. The minimum Gasteiger partial charge on any atom is -0.493 e. The van der Waals surface area contributed by atoms with Gasteiger partial charge in [-0.1, -0.05) is 11.2 Å². The van der Waals surface area contributed by atoms with E-state index >= 15 is 0 Å². The van der Waals surface area contributed by atoms with Crippen molar-refractivity contribution in [2.45, 2.75) is 13.0 Å². The number of hydrogen-bond donors (Lipinski definition) is 1. The number of amides is 1. The number of benzene rings is 2. The Morgan fingerprint density at radius 2 is 1.85 bits per heavy atom. The van der Waals surface area contributed by atoms with Gasteiger partial charge in [0.15, 0.2) is 29.0 Å². The fourth-order valence-corrected chi connectivity index (χ4v) is 2.10. The first-order chi connectivity index (χ1) is 12.9. The number of halogens is 3. The molecule has 0 saturated carbocycles. The number of rotatable bonds is 7. The van der Waals surface area contributed by atoms with E-state index in [-0.39, 0.29) is 0 Å². The Kier molecular flexibility index (Phi) is 6.64. The van der Waals surface area contributed by atoms with Crippen LogP contribution in [0.15, 0.2) is 35.5 Å². The van der Waals surface area contributed by atoms with E-state index in [1.54, 1.807) is 18.2 Å². The minimum absolute atomic E-state index is 0.424. The van der Waals surface area contributed by atoms with Crippen molar-refractivity contribution in [3.63, 3.8) is 0 Å². The Labute approximate surface area is 153 Å². The van der Waals surface area contributed by atoms with Crippen LogP contribution in [0, 0.1) is 17.5 Å². The first kappa shape index (κ1) is 20.1. The lowest BCUT2D eigenvalue weighted by Gasteiger charge is -2.12. The van der Waals surface area contributed by atoms with E-state index in [4.69, 9.17) is 14.3 Å². The molecule has 0 saturated heterocycles. The Morgan fingerprint density at radius 1 is 1.11 bits per heavy atom. The second kappa shape index (κ2) is 8.93. The number of para-hydroxylation sites is 1. The van der Waals surface area contributed by atoms with Crippen molar-refractivity contribution in [1.29, 1.82) is 0 Å². The molecule has 9 heteroatoms. The lowest BCUT2D eigenvalue weighted by molar-refractivity contribution is -0.126. The topological polar surface area (TPSA) is 69.2 Å². The van der Waals surface area contributed by atoms with Crippen LogP contribution in [0.3, 0.4) is 0 Å². The highest BCUT2D eigenvalue weighted by atomic mass is 19.2. The van der Waals surface area contributed by atoms with Crippen molar-refractivity contribution < 1.29 is 32.3 Å². The Balaban J connectivity index is 2.03. The van der Waals surface area contributed by atoms with E-state index in [9.17, 15) is 18.0 Å². The van der Waals surface area contributed by atoms with Crippen molar-refractivity contribution in [1.82, 2.24) is 0 Å². The van der Waals surface area contributed by atoms with Crippen molar-refractivity contribution in [3.8, 4) is 11.5 Å². The molecule has 0 fully saturated rings. The largest absolute Gasteiger partial charge is 0.493 e. The maximum absolute atomic E-state index is 13.6. The van der Waals surface area contributed by atoms with Gasteiger partial charge in [-0.3, -0.25) is 4.79 Å². The van der Waals surface area contributed by atoms with Crippen molar-refractivity contribution in [2.24, 2.45) is 5.16 Å². The van der Waals surface area contributed by atoms with Crippen LogP contribution in [0.25, 0.3) is 0 Å². The summed E-state index contributed by atoms with van der Waals surface area (Å²) >= 11 is 0. The number of anilines is 1. The zero-order valence-corrected chi connectivity index (χ0v) is 14.8. The Morgan fingerprint density at radius 3 is 2.52 bits per heavy atom. The number of carbonyl (C=O) groups is 1. The van der Waals surface area contributed by atoms with E-state index in [0.717, 1.165) is 6.07 Å². The number of hydrogen-bond acceptors (Lipinski definition) is 5. The van der Waals surface area contributed by atoms with Crippen molar-refractivity contribution in [2.75, 3.05) is 19.5 Å². The molecule has 0 aromatic heterocycles. The fraction of sp³-hybridized carbons (Fsp3) is 0.222. The molecule has 144 valence electrons. The summed E-state index contributed by atoms with van der Waals surface area (Å²) in [5, 5.41) is 5.80. The molecule has 2 rings (SSSR count). The van der Waals surface area contributed by atoms with Gasteiger partial charge in [0.2, 0.25) is 6.10 Å². The average Bonchev–Trinajstić information content (AvgIpc) is 2.67. The van der Waals surface area contributed by atoms with Crippen LogP contribution in [-0.2, 0) is 9.63 Å². The van der Waals surface area contributed by atoms with Crippen LogP contribution in [0.5, 0.6) is 11.5 Å². The second-order valence-electron chi connectivity index (χ2n) is 5.28. The third-order valence-electron chi connectivity index (χ3n) is 3.51. The first-order valence-electron chi connectivity index (χ1n) is 7.73. The van der Waals surface area contributed by atoms with Gasteiger partial charge in [-0.2, -0.15) is 0 Å². The molecule has 1 N–H and O–H groups in total. The zero-order valence-electron chi connectivity index (χ0n) is 14.8. The zero-order chi connectivity index (χ0) is 20.0. The van der Waals surface area contributed by atoms with Crippen LogP contribution < -0.4 is 14.8 Å². The SMILES string of the molecule is COc1cccc(/C=N\O[C@H](C)C(=O)Nc2ccc(F)c(F)c2F)c1OC. The molecule has 0 aliphatic rings. The van der Waals surface area contributed by atoms with Gasteiger partial charge in [-0.15, -0.1) is 0 Å². The smallest absolute Gasteiger partial charge is 0.268 e. The van der Waals surface area contributed by atoms with E-state index in [0.29, 0.717) is 23.1 Å². The van der Waals surface area contributed by atoms with Gasteiger partial charge in [-0.05, 0) is 31.2 Å². The third kappa shape index (κ3) is 4.69. The molecule has 2 aromatic carbocycles. The minimum atomic E-state index is -1.68. The molecule has 27 heavy (non-hydrogen) atoms. The molecule has 0 radical (unpaired) electrons. The molecule has 2 aromatic rings. The Bertz CT molecular complexity index is 859. The number of ether oxygens (including phenoxy) is 2. The highest BCUT2D eigenvalue weighted by Crippen LogP contribution is 2.29. The van der Waals surface area contributed by atoms with Crippen molar-refractivity contribution >= 4 is 17.8 Å². The second-order valence-corrected chi connectivity index (χ2v) is 5.28. The van der Waals surface area contributed by atoms with Gasteiger partial charge in [0.1, 0.15) is 0 Å². The van der Waals surface area contributed by atoms with Crippen LogP contribution in [0.2, 0.25) is 0 Å². The van der Waals surface area contributed by atoms with Crippen LogP contribution >= 0.6 is 0 Å². The number of nitrogens with zero attached hydrogens (tertiary/aromatic N) is 1. The van der Waals surface area contributed by atoms with Crippen LogP contribution in [0.1, 0.15) is 12.5 Å². The molecule has 0 spiro atoms. The predicted molar refractivity (Wildman–Crippen MR) is 92.6 cm³/mol. The van der Waals surface area contributed by atoms with Gasteiger partial charge in [-0.25, -0.2) is 13.2 Å². The van der Waals surface area contributed by atoms with E-state index in [1.165, 1.54) is 27.4 Å². The van der Waals surface area contributed by atoms with Gasteiger partial charge >= 0.3 is 0 Å². The number of methoxy groups -OCH3 is 2. The molecule has 0 heterocycles. The lowest BCUT2D eigenvalue weighted by atomic mass is 10.2. The monoisotopic (exact) mass is 382 g/mol. The maximum atomic E-state index is 13.6. The number of carbonyl (C=O) groups excluding carboxylic acids is 1. The lowest BCUT2D eigenvalue weighted by Crippen LogP contribution is -2.27. The third-order valence-corrected chi connectivity index (χ3v) is 3.51. The first-order valence-corrected chi connectivity index (χ1v) is 7.73. The number of nitrogens with one attached hydrogen (secondary N) is 1. The van der Waals surface area contributed by atoms with E-state index < -0.39 is 35.2 Å². The summed E-state index contributed by atoms with van der Waals surface area (Å²) in [4.78, 5) is 17.0. The summed E-state index contributed by atoms with van der Waals surface area (Å²) in [6.07, 6.45) is 0.175. The van der Waals surface area contributed by atoms with Gasteiger partial charge < -0.3 is 19.6 Å². The predicted octanol–water partition coefficient (Wildman–Crippen LogP) is 3.50. The van der Waals surface area contributed by atoms with Gasteiger partial charge in [0.25, 0.3) is 5.91 Å². The van der Waals surface area contributed by atoms with Crippen LogP contribution in [0.4, 0.5) is 18.9 Å². The molecule has 1 amide bonds.